The average Bonchev–Trinajstić information content (AvgIpc) is 2.79. The molecule has 2 aromatic rings. The van der Waals surface area contributed by atoms with Crippen LogP contribution in [-0.4, -0.2) is 43.5 Å². The highest BCUT2D eigenvalue weighted by atomic mass is 79.9. The minimum absolute atomic E-state index is 0.0122. The van der Waals surface area contributed by atoms with Crippen LogP contribution in [0.4, 0.5) is 0 Å². The van der Waals surface area contributed by atoms with E-state index in [-0.39, 0.29) is 21.3 Å². The average molecular weight is 1160 g/mol. The molecule has 2 atom stereocenters. The zero-order valence-corrected chi connectivity index (χ0v) is 34.1. The number of carboxylic acid groups (broad SMARTS) is 2. The summed E-state index contributed by atoms with van der Waals surface area (Å²) in [6, 6.07) is 7.13. The first kappa shape index (κ1) is 35.3. The van der Waals surface area contributed by atoms with Gasteiger partial charge in [-0.3, -0.25) is 9.59 Å². The number of aliphatic carboxylic acids is 2. The monoisotopic (exact) mass is 1150 g/mol. The van der Waals surface area contributed by atoms with E-state index in [4.69, 9.17) is 4.74 Å². The second-order valence-electron chi connectivity index (χ2n) is 7.92. The predicted octanol–water partition coefficient (Wildman–Crippen LogP) is 10.8. The fourth-order valence-electron chi connectivity index (χ4n) is 3.50. The molecule has 2 rings (SSSR count). The molecule has 204 valence electrons. The van der Waals surface area contributed by atoms with Crippen molar-refractivity contribution in [2.24, 2.45) is 10.8 Å². The molecule has 37 heavy (non-hydrogen) atoms. The van der Waals surface area contributed by atoms with Gasteiger partial charge in [0.15, 0.2) is 0 Å². The van der Waals surface area contributed by atoms with E-state index in [1.165, 1.54) is 0 Å². The molecule has 5 nitrogen and oxygen atoms in total. The van der Waals surface area contributed by atoms with Gasteiger partial charge in [-0.25, -0.2) is 0 Å². The van der Waals surface area contributed by atoms with E-state index in [1.54, 1.807) is 24.3 Å². The van der Waals surface area contributed by atoms with Crippen LogP contribution in [0.3, 0.4) is 0 Å². The van der Waals surface area contributed by atoms with Gasteiger partial charge in [0.25, 0.3) is 0 Å². The molecule has 0 fully saturated rings. The molecule has 0 aliphatic heterocycles. The van der Waals surface area contributed by atoms with E-state index in [0.29, 0.717) is 29.0 Å². The van der Waals surface area contributed by atoms with Crippen LogP contribution in [0.2, 0.25) is 0 Å². The van der Waals surface area contributed by atoms with Crippen LogP contribution < -0.4 is 0 Å². The standard InChI is InChI=1S/C22H16Br10O5/c23-5-21(6-24,19(33)34)17(15-11(29)1-9(27)2-12(15)30)37-18(22(7-25,8-26)20(35)36)16-13(31)3-10(28)4-14(16)32/h1-4,17-18H,5-8H2,(H,33,34)(H,35,36). The van der Waals surface area contributed by atoms with Gasteiger partial charge in [-0.2, -0.15) is 0 Å². The lowest BCUT2D eigenvalue weighted by Crippen LogP contribution is -2.47. The van der Waals surface area contributed by atoms with Crippen molar-refractivity contribution in [3.8, 4) is 0 Å². The van der Waals surface area contributed by atoms with Gasteiger partial charge >= 0.3 is 11.9 Å². The lowest BCUT2D eigenvalue weighted by atomic mass is 9.79. The van der Waals surface area contributed by atoms with E-state index in [0.717, 1.165) is 8.95 Å². The Balaban J connectivity index is 3.03. The largest absolute Gasteiger partial charge is 0.481 e. The summed E-state index contributed by atoms with van der Waals surface area (Å²) in [5.74, 6) is -2.25. The minimum Gasteiger partial charge on any atom is -0.481 e. The van der Waals surface area contributed by atoms with Gasteiger partial charge in [0.2, 0.25) is 0 Å². The normalized spacial score (nSPS) is 13.9. The van der Waals surface area contributed by atoms with Crippen molar-refractivity contribution in [2.45, 2.75) is 12.2 Å². The van der Waals surface area contributed by atoms with Crippen LogP contribution in [0, 0.1) is 10.8 Å². The van der Waals surface area contributed by atoms with Gasteiger partial charge in [0.05, 0.1) is 0 Å². The molecule has 0 spiro atoms. The third-order valence-electron chi connectivity index (χ3n) is 5.69. The number of carbonyl (C=O) groups is 2. The Hall–Kier alpha value is 2.14. The zero-order chi connectivity index (χ0) is 28.3. The van der Waals surface area contributed by atoms with E-state index in [1.807, 2.05) is 0 Å². The molecule has 0 aliphatic carbocycles. The molecule has 2 aromatic carbocycles. The molecule has 0 bridgehead atoms. The highest BCUT2D eigenvalue weighted by Crippen LogP contribution is 2.54. The van der Waals surface area contributed by atoms with Crippen molar-refractivity contribution in [1.29, 1.82) is 0 Å². The van der Waals surface area contributed by atoms with Crippen molar-refractivity contribution in [2.75, 3.05) is 21.3 Å². The van der Waals surface area contributed by atoms with E-state index in [2.05, 4.69) is 159 Å². The fourth-order valence-corrected chi connectivity index (χ4v) is 12.8. The molecule has 0 amide bonds. The third kappa shape index (κ3) is 7.38. The summed E-state index contributed by atoms with van der Waals surface area (Å²) in [4.78, 5) is 25.7. The first-order valence-corrected chi connectivity index (χ1v) is 19.2. The summed E-state index contributed by atoms with van der Waals surface area (Å²) in [5.41, 5.74) is -2.03. The molecular weight excluding hydrogens is 1140 g/mol. The van der Waals surface area contributed by atoms with E-state index in [9.17, 15) is 19.8 Å². The maximum Gasteiger partial charge on any atom is 0.314 e. The summed E-state index contributed by atoms with van der Waals surface area (Å²) >= 11 is 34.8. The predicted molar refractivity (Wildman–Crippen MR) is 181 cm³/mol. The minimum atomic E-state index is -1.53. The maximum absolute atomic E-state index is 12.9. The van der Waals surface area contributed by atoms with Crippen molar-refractivity contribution in [3.63, 3.8) is 0 Å². The van der Waals surface area contributed by atoms with Crippen LogP contribution in [0.5, 0.6) is 0 Å². The molecule has 2 unspecified atom stereocenters. The van der Waals surface area contributed by atoms with Gasteiger partial charge in [0, 0.05) is 59.3 Å². The van der Waals surface area contributed by atoms with Crippen LogP contribution in [0.15, 0.2) is 51.1 Å². The number of ether oxygens (including phenoxy) is 1. The van der Waals surface area contributed by atoms with Crippen LogP contribution in [0.1, 0.15) is 23.3 Å². The van der Waals surface area contributed by atoms with Gasteiger partial charge in [-0.15, -0.1) is 0 Å². The summed E-state index contributed by atoms with van der Waals surface area (Å²) in [5, 5.41) is 21.1. The van der Waals surface area contributed by atoms with Crippen LogP contribution in [-0.2, 0) is 14.3 Å². The summed E-state index contributed by atoms with van der Waals surface area (Å²) < 4.78 is 10.6. The summed E-state index contributed by atoms with van der Waals surface area (Å²) in [6.45, 7) is 0. The molecule has 0 heterocycles. The summed E-state index contributed by atoms with van der Waals surface area (Å²) in [7, 11) is 0. The summed E-state index contributed by atoms with van der Waals surface area (Å²) in [6.07, 6.45) is -2.27. The lowest BCUT2D eigenvalue weighted by Gasteiger charge is -2.43. The number of alkyl halides is 4. The van der Waals surface area contributed by atoms with Crippen molar-refractivity contribution in [3.05, 3.63) is 62.2 Å². The first-order chi connectivity index (χ1) is 17.3. The maximum atomic E-state index is 12.9. The van der Waals surface area contributed by atoms with E-state index < -0.39 is 35.0 Å². The Morgan fingerprint density at radius 2 is 0.865 bits per heavy atom. The molecular formula is C22H16Br10O5. The second kappa shape index (κ2) is 15.0. The SMILES string of the molecule is O=C(O)C(CBr)(CBr)C(OC(c1c(Br)cc(Br)cc1Br)C(CBr)(CBr)C(=O)O)c1c(Br)cc(Br)cc1Br. The molecule has 0 aromatic heterocycles. The highest BCUT2D eigenvalue weighted by Gasteiger charge is 2.54. The number of hydrogen-bond acceptors (Lipinski definition) is 3. The molecule has 0 radical (unpaired) electrons. The Labute approximate surface area is 298 Å². The molecule has 0 saturated heterocycles. The zero-order valence-electron chi connectivity index (χ0n) is 18.2. The first-order valence-electron chi connectivity index (χ1n) is 9.91. The topological polar surface area (TPSA) is 83.8 Å². The van der Waals surface area contributed by atoms with Crippen molar-refractivity contribution in [1.82, 2.24) is 0 Å². The van der Waals surface area contributed by atoms with Gasteiger partial charge in [-0.05, 0) is 24.3 Å². The Bertz CT molecular complexity index is 1030. The van der Waals surface area contributed by atoms with Crippen LogP contribution >= 0.6 is 159 Å². The number of hydrogen-bond donors (Lipinski definition) is 2. The smallest absolute Gasteiger partial charge is 0.314 e. The van der Waals surface area contributed by atoms with Crippen LogP contribution in [0.25, 0.3) is 0 Å². The fraction of sp³-hybridized carbons (Fsp3) is 0.364. The number of carboxylic acids is 2. The number of benzene rings is 2. The van der Waals surface area contributed by atoms with E-state index >= 15 is 0 Å². The van der Waals surface area contributed by atoms with Crippen molar-refractivity contribution < 1.29 is 24.5 Å². The molecule has 15 heteroatoms. The highest BCUT2D eigenvalue weighted by molar-refractivity contribution is 9.12. The quantitative estimate of drug-likeness (QED) is 0.207. The number of halogens is 10. The second-order valence-corrected chi connectivity index (χ2v) is 15.4. The van der Waals surface area contributed by atoms with Gasteiger partial charge in [0.1, 0.15) is 23.0 Å². The van der Waals surface area contributed by atoms with Gasteiger partial charge < -0.3 is 14.9 Å². The Morgan fingerprint density at radius 3 is 1.05 bits per heavy atom. The Morgan fingerprint density at radius 1 is 0.622 bits per heavy atom. The molecule has 0 saturated carbocycles. The Kier molecular flexibility index (Phi) is 14.4. The number of rotatable bonds is 12. The van der Waals surface area contributed by atoms with Crippen molar-refractivity contribution >= 4 is 171 Å². The third-order valence-corrected chi connectivity index (χ3v) is 13.2. The van der Waals surface area contributed by atoms with Gasteiger partial charge in [-0.1, -0.05) is 159 Å². The molecule has 2 N–H and O–H groups in total. The molecule has 0 aliphatic rings. The lowest BCUT2D eigenvalue weighted by molar-refractivity contribution is -0.175.